The molecule has 1 fully saturated rings. The Kier molecular flexibility index (Phi) is 7.22. The van der Waals surface area contributed by atoms with E-state index in [0.29, 0.717) is 46.5 Å². The summed E-state index contributed by atoms with van der Waals surface area (Å²) < 4.78 is 16.5. The highest BCUT2D eigenvalue weighted by Gasteiger charge is 2.47. The molecule has 3 rings (SSSR count). The molecule has 1 amide bonds. The first-order chi connectivity index (χ1) is 15.0. The summed E-state index contributed by atoms with van der Waals surface area (Å²) in [6.07, 6.45) is 3.81. The molecule has 2 heterocycles. The van der Waals surface area contributed by atoms with Crippen molar-refractivity contribution in [2.45, 2.75) is 31.6 Å². The molecule has 7 nitrogen and oxygen atoms in total. The summed E-state index contributed by atoms with van der Waals surface area (Å²) in [4.78, 5) is 32.3. The molecule has 0 aromatic heterocycles. The Bertz CT molecular complexity index is 969. The van der Waals surface area contributed by atoms with Crippen molar-refractivity contribution in [3.05, 3.63) is 60.3 Å². The summed E-state index contributed by atoms with van der Waals surface area (Å²) in [6, 6.07) is 4.68. The van der Waals surface area contributed by atoms with E-state index in [1.165, 1.54) is 24.9 Å². The van der Waals surface area contributed by atoms with Crippen LogP contribution in [0.25, 0.3) is 0 Å². The maximum atomic E-state index is 13.2. The van der Waals surface area contributed by atoms with Gasteiger partial charge < -0.3 is 14.2 Å². The van der Waals surface area contributed by atoms with Crippen LogP contribution in [0.5, 0.6) is 11.5 Å². The molecule has 0 bridgehead atoms. The molecule has 8 heteroatoms. The third kappa shape index (κ3) is 4.39. The first kappa shape index (κ1) is 22.7. The second kappa shape index (κ2) is 9.87. The molecule has 164 valence electrons. The monoisotopic (exact) mass is 442 g/mol. The lowest BCUT2D eigenvalue weighted by Crippen LogP contribution is -2.40. The van der Waals surface area contributed by atoms with Crippen molar-refractivity contribution in [2.75, 3.05) is 20.3 Å². The molecule has 31 heavy (non-hydrogen) atoms. The summed E-state index contributed by atoms with van der Waals surface area (Å²) in [5.41, 5.74) is 1.54. The number of carbonyl (C=O) groups excluding carboxylic acids is 2. The number of thioether (sulfide) groups is 1. The van der Waals surface area contributed by atoms with Crippen LogP contribution in [-0.2, 0) is 14.3 Å². The van der Waals surface area contributed by atoms with Gasteiger partial charge in [-0.3, -0.25) is 9.69 Å². The number of carbonyl (C=O) groups is 2. The van der Waals surface area contributed by atoms with Gasteiger partial charge in [-0.25, -0.2) is 9.79 Å². The standard InChI is InChI=1S/C23H26N2O5S/c1-6-11-29-16-10-9-15(13-17(16)28-5)20-19(22(27)30-12-7-2)14(4)24-23-25(20)21(26)18(8-3)31-23/h6-7,9-10,13,18,20H,1-2,8,11-12H2,3-5H3. The van der Waals surface area contributed by atoms with Crippen molar-refractivity contribution in [2.24, 2.45) is 4.99 Å². The minimum Gasteiger partial charge on any atom is -0.493 e. The SMILES string of the molecule is C=CCOC(=O)C1=C(C)N=C2SC(CC)C(=O)N2C1c1ccc(OCC=C)c(OC)c1. The van der Waals surface area contributed by atoms with E-state index in [4.69, 9.17) is 14.2 Å². The second-order valence-corrected chi connectivity index (χ2v) is 8.09. The van der Waals surface area contributed by atoms with Gasteiger partial charge >= 0.3 is 5.97 Å². The zero-order valence-electron chi connectivity index (χ0n) is 17.9. The molecular formula is C23H26N2O5S. The first-order valence-electron chi connectivity index (χ1n) is 9.95. The molecule has 0 N–H and O–H groups in total. The van der Waals surface area contributed by atoms with E-state index >= 15 is 0 Å². The van der Waals surface area contributed by atoms with Gasteiger partial charge in [0, 0.05) is 0 Å². The summed E-state index contributed by atoms with van der Waals surface area (Å²) in [5, 5.41) is 0.347. The van der Waals surface area contributed by atoms with Gasteiger partial charge in [-0.15, -0.1) is 0 Å². The third-order valence-corrected chi connectivity index (χ3v) is 6.25. The van der Waals surface area contributed by atoms with Crippen LogP contribution in [0.3, 0.4) is 0 Å². The van der Waals surface area contributed by atoms with Gasteiger partial charge in [0.1, 0.15) is 13.2 Å². The first-order valence-corrected chi connectivity index (χ1v) is 10.8. The van der Waals surface area contributed by atoms with Crippen LogP contribution in [0.2, 0.25) is 0 Å². The normalized spacial score (nSPS) is 20.2. The minimum atomic E-state index is -0.677. The molecule has 2 aliphatic heterocycles. The number of methoxy groups -OCH3 is 1. The van der Waals surface area contributed by atoms with Crippen LogP contribution in [0.15, 0.2) is 59.8 Å². The van der Waals surface area contributed by atoms with Gasteiger partial charge in [-0.1, -0.05) is 50.1 Å². The van der Waals surface area contributed by atoms with Gasteiger partial charge in [0.2, 0.25) is 5.91 Å². The topological polar surface area (TPSA) is 77.4 Å². The van der Waals surface area contributed by atoms with Gasteiger partial charge in [-0.05, 0) is 31.0 Å². The summed E-state index contributed by atoms with van der Waals surface area (Å²) in [5.74, 6) is 0.421. The van der Waals surface area contributed by atoms with E-state index in [9.17, 15) is 9.59 Å². The number of amides is 1. The summed E-state index contributed by atoms with van der Waals surface area (Å²) >= 11 is 1.42. The van der Waals surface area contributed by atoms with Crippen LogP contribution >= 0.6 is 11.8 Å². The van der Waals surface area contributed by atoms with Gasteiger partial charge in [0.05, 0.1) is 29.7 Å². The molecule has 1 aromatic carbocycles. The molecular weight excluding hydrogens is 416 g/mol. The lowest BCUT2D eigenvalue weighted by Gasteiger charge is -2.33. The Labute approximate surface area is 186 Å². The van der Waals surface area contributed by atoms with E-state index in [-0.39, 0.29) is 17.8 Å². The van der Waals surface area contributed by atoms with Crippen molar-refractivity contribution in [3.63, 3.8) is 0 Å². The molecule has 0 aliphatic carbocycles. The number of aliphatic imine (C=N–C) groups is 1. The lowest BCUT2D eigenvalue weighted by atomic mass is 9.94. The maximum Gasteiger partial charge on any atom is 0.338 e. The summed E-state index contributed by atoms with van der Waals surface area (Å²) in [7, 11) is 1.54. The minimum absolute atomic E-state index is 0.0663. The van der Waals surface area contributed by atoms with Gasteiger partial charge in [0.25, 0.3) is 0 Å². The zero-order valence-corrected chi connectivity index (χ0v) is 18.7. The van der Waals surface area contributed by atoms with E-state index in [2.05, 4.69) is 18.2 Å². The third-order valence-electron chi connectivity index (χ3n) is 4.93. The lowest BCUT2D eigenvalue weighted by molar-refractivity contribution is -0.139. The molecule has 2 unspecified atom stereocenters. The average Bonchev–Trinajstić information content (AvgIpc) is 3.09. The Morgan fingerprint density at radius 2 is 2.00 bits per heavy atom. The molecule has 2 aliphatic rings. The van der Waals surface area contributed by atoms with Crippen LogP contribution in [0.1, 0.15) is 31.9 Å². The van der Waals surface area contributed by atoms with Crippen molar-refractivity contribution in [1.82, 2.24) is 4.90 Å². The largest absolute Gasteiger partial charge is 0.493 e. The molecule has 0 radical (unpaired) electrons. The van der Waals surface area contributed by atoms with Gasteiger partial charge in [-0.2, -0.15) is 0 Å². The van der Waals surface area contributed by atoms with Crippen molar-refractivity contribution < 1.29 is 23.8 Å². The number of ether oxygens (including phenoxy) is 3. The van der Waals surface area contributed by atoms with Crippen LogP contribution in [-0.4, -0.2) is 47.5 Å². The number of hydrogen-bond donors (Lipinski definition) is 0. The predicted octanol–water partition coefficient (Wildman–Crippen LogP) is 4.03. The number of benzene rings is 1. The zero-order chi connectivity index (χ0) is 22.5. The molecule has 1 aromatic rings. The second-order valence-electron chi connectivity index (χ2n) is 6.92. The van der Waals surface area contributed by atoms with E-state index in [0.717, 1.165) is 0 Å². The fourth-order valence-electron chi connectivity index (χ4n) is 3.50. The van der Waals surface area contributed by atoms with Crippen molar-refractivity contribution in [3.8, 4) is 11.5 Å². The Morgan fingerprint density at radius 3 is 2.65 bits per heavy atom. The fourth-order valence-corrected chi connectivity index (χ4v) is 4.63. The number of amidine groups is 1. The maximum absolute atomic E-state index is 13.2. The van der Waals surface area contributed by atoms with E-state index < -0.39 is 12.0 Å². The van der Waals surface area contributed by atoms with Crippen molar-refractivity contribution in [1.29, 1.82) is 0 Å². The number of allylic oxidation sites excluding steroid dienone is 1. The quantitative estimate of drug-likeness (QED) is 0.425. The van der Waals surface area contributed by atoms with Crippen LogP contribution in [0.4, 0.5) is 0 Å². The number of nitrogens with zero attached hydrogens (tertiary/aromatic N) is 2. The van der Waals surface area contributed by atoms with Crippen LogP contribution < -0.4 is 9.47 Å². The molecule has 2 atom stereocenters. The Hall–Kier alpha value is -3.00. The number of hydrogen-bond acceptors (Lipinski definition) is 7. The van der Waals surface area contributed by atoms with E-state index in [1.807, 2.05) is 13.0 Å². The fraction of sp³-hybridized carbons (Fsp3) is 0.348. The number of fused-ring (bicyclic) bond motifs is 1. The van der Waals surface area contributed by atoms with Gasteiger partial charge in [0.15, 0.2) is 16.7 Å². The highest BCUT2D eigenvalue weighted by atomic mass is 32.2. The molecule has 1 saturated heterocycles. The Morgan fingerprint density at radius 1 is 1.26 bits per heavy atom. The Balaban J connectivity index is 2.11. The highest BCUT2D eigenvalue weighted by Crippen LogP contribution is 2.45. The average molecular weight is 443 g/mol. The highest BCUT2D eigenvalue weighted by molar-refractivity contribution is 8.15. The summed E-state index contributed by atoms with van der Waals surface area (Å²) in [6.45, 7) is 11.3. The number of esters is 1. The van der Waals surface area contributed by atoms with E-state index in [1.54, 1.807) is 30.0 Å². The smallest absolute Gasteiger partial charge is 0.338 e. The van der Waals surface area contributed by atoms with Crippen LogP contribution in [0, 0.1) is 0 Å². The molecule has 0 saturated carbocycles. The number of rotatable bonds is 9. The van der Waals surface area contributed by atoms with Crippen molar-refractivity contribution >= 4 is 28.8 Å². The molecule has 0 spiro atoms. The predicted molar refractivity (Wildman–Crippen MR) is 121 cm³/mol.